The van der Waals surface area contributed by atoms with E-state index in [9.17, 15) is 27.2 Å². The predicted octanol–water partition coefficient (Wildman–Crippen LogP) is 6.67. The highest BCUT2D eigenvalue weighted by Crippen LogP contribution is 2.35. The number of nitrogens with one attached hydrogen (secondary N) is 2. The third-order valence-electron chi connectivity index (χ3n) is 8.25. The number of rotatable bonds is 3. The van der Waals surface area contributed by atoms with Crippen LogP contribution in [0.25, 0.3) is 44.1 Å². The first-order valence-corrected chi connectivity index (χ1v) is 14.5. The Morgan fingerprint density at radius 1 is 0.609 bits per heavy atom. The average molecular weight is 627 g/mol. The molecule has 0 bridgehead atoms. The zero-order valence-electron chi connectivity index (χ0n) is 24.5. The van der Waals surface area contributed by atoms with Crippen LogP contribution in [0.15, 0.2) is 78.9 Å². The Bertz CT molecular complexity index is 2190. The maximum Gasteiger partial charge on any atom is 0.268 e. The van der Waals surface area contributed by atoms with Gasteiger partial charge in [0.1, 0.15) is 28.8 Å². The molecule has 0 atom stereocenters. The van der Waals surface area contributed by atoms with Gasteiger partial charge >= 0.3 is 0 Å². The highest BCUT2D eigenvalue weighted by molar-refractivity contribution is 6.05. The number of methoxy groups -OCH3 is 1. The third-order valence-corrected chi connectivity index (χ3v) is 8.25. The van der Waals surface area contributed by atoms with Gasteiger partial charge in [-0.2, -0.15) is 0 Å². The maximum absolute atomic E-state index is 14.1. The number of fused-ring (bicyclic) bond motifs is 6. The van der Waals surface area contributed by atoms with Crippen molar-refractivity contribution in [1.29, 1.82) is 0 Å². The minimum Gasteiger partial charge on any atom is -0.497 e. The van der Waals surface area contributed by atoms with Crippen LogP contribution in [0.5, 0.6) is 5.75 Å². The molecule has 4 heterocycles. The van der Waals surface area contributed by atoms with E-state index in [0.29, 0.717) is 59.6 Å². The van der Waals surface area contributed by atoms with E-state index < -0.39 is 17.5 Å². The molecule has 8 rings (SSSR count). The molecular formula is C35H26F4N4O3. The van der Waals surface area contributed by atoms with E-state index in [1.165, 1.54) is 30.3 Å². The molecule has 232 valence electrons. The zero-order valence-corrected chi connectivity index (χ0v) is 24.5. The van der Waals surface area contributed by atoms with Gasteiger partial charge < -0.3 is 24.5 Å². The molecule has 6 aromatic rings. The number of nitrogens with zero attached hydrogens (tertiary/aromatic N) is 2. The van der Waals surface area contributed by atoms with E-state index >= 15 is 0 Å². The summed E-state index contributed by atoms with van der Waals surface area (Å²) in [6.07, 6.45) is 0. The minimum atomic E-state index is -0.997. The first-order chi connectivity index (χ1) is 22.2. The maximum atomic E-state index is 14.1. The van der Waals surface area contributed by atoms with Crippen LogP contribution in [0.3, 0.4) is 0 Å². The third kappa shape index (κ3) is 5.03. The minimum absolute atomic E-state index is 0.117. The lowest BCUT2D eigenvalue weighted by Gasteiger charge is -2.18. The van der Waals surface area contributed by atoms with Crippen LogP contribution in [-0.2, 0) is 13.1 Å². The Morgan fingerprint density at radius 2 is 1.11 bits per heavy atom. The molecule has 46 heavy (non-hydrogen) atoms. The smallest absolute Gasteiger partial charge is 0.268 e. The lowest BCUT2D eigenvalue weighted by molar-refractivity contribution is 0.0921. The normalized spacial score (nSPS) is 13.8. The molecule has 2 aliphatic rings. The van der Waals surface area contributed by atoms with Crippen molar-refractivity contribution in [2.24, 2.45) is 0 Å². The van der Waals surface area contributed by atoms with Gasteiger partial charge in [-0.25, -0.2) is 17.6 Å². The predicted molar refractivity (Wildman–Crippen MR) is 166 cm³/mol. The average Bonchev–Trinajstić information content (AvgIpc) is 3.62. The topological polar surface area (TPSA) is 77.3 Å². The fourth-order valence-corrected chi connectivity index (χ4v) is 6.21. The molecule has 0 saturated heterocycles. The number of aromatic nitrogens is 2. The Morgan fingerprint density at radius 3 is 1.61 bits per heavy atom. The molecule has 2 aliphatic heterocycles. The summed E-state index contributed by atoms with van der Waals surface area (Å²) < 4.78 is 63.6. The number of benzene rings is 4. The van der Waals surface area contributed by atoms with Crippen molar-refractivity contribution in [3.8, 4) is 28.0 Å². The monoisotopic (exact) mass is 626 g/mol. The van der Waals surface area contributed by atoms with Gasteiger partial charge in [0.2, 0.25) is 0 Å². The van der Waals surface area contributed by atoms with Crippen LogP contribution in [0.4, 0.5) is 17.6 Å². The number of hydrogen-bond acceptors (Lipinski definition) is 3. The van der Waals surface area contributed by atoms with Crippen molar-refractivity contribution in [3.63, 3.8) is 0 Å². The summed E-state index contributed by atoms with van der Waals surface area (Å²) in [6.45, 7) is 2.26. The second-order valence-corrected chi connectivity index (χ2v) is 11.0. The molecule has 0 spiro atoms. The summed E-state index contributed by atoms with van der Waals surface area (Å²) in [5.74, 6) is -2.37. The molecular weight excluding hydrogens is 600 g/mol. The number of amides is 2. The van der Waals surface area contributed by atoms with Gasteiger partial charge in [-0.15, -0.1) is 0 Å². The van der Waals surface area contributed by atoms with Crippen molar-refractivity contribution < 1.29 is 31.9 Å². The number of ether oxygens (including phenoxy) is 1. The van der Waals surface area contributed by atoms with Crippen molar-refractivity contribution in [1.82, 2.24) is 19.8 Å². The summed E-state index contributed by atoms with van der Waals surface area (Å²) in [6, 6.07) is 19.9. The summed E-state index contributed by atoms with van der Waals surface area (Å²) in [7, 11) is 1.61. The second-order valence-electron chi connectivity index (χ2n) is 11.0. The van der Waals surface area contributed by atoms with Gasteiger partial charge in [0.15, 0.2) is 11.6 Å². The molecule has 0 radical (unpaired) electrons. The molecule has 0 aliphatic carbocycles. The number of hydrogen-bond donors (Lipinski definition) is 2. The highest BCUT2D eigenvalue weighted by atomic mass is 19.2. The number of carbonyl (C=O) groups excluding carboxylic acids is 2. The van der Waals surface area contributed by atoms with E-state index in [-0.39, 0.29) is 17.6 Å². The number of halogens is 4. The van der Waals surface area contributed by atoms with Crippen LogP contribution in [-0.4, -0.2) is 41.1 Å². The van der Waals surface area contributed by atoms with Crippen LogP contribution in [0, 0.1) is 23.3 Å². The lowest BCUT2D eigenvalue weighted by atomic mass is 10.0. The molecule has 0 saturated carbocycles. The van der Waals surface area contributed by atoms with Crippen LogP contribution in [0.2, 0.25) is 0 Å². The Hall–Kier alpha value is -5.58. The molecule has 11 heteroatoms. The van der Waals surface area contributed by atoms with E-state index in [4.69, 9.17) is 4.74 Å². The summed E-state index contributed by atoms with van der Waals surface area (Å²) in [5.41, 5.74) is 5.00. The zero-order chi connectivity index (χ0) is 32.1. The standard InChI is InChI=1S/C18H15FN2O2.C17H11F3N2O/c1-23-14-4-2-11(3-5-14)15-10-13(19)8-12-9-16-18(22)20-6-7-21(16)17(12)15;18-11-5-10-7-15-17(23)21-3-4-22(15)16(10)12(8-11)9-1-2-13(19)14(20)6-9/h2-5,8-10H,6-7H2,1H3,(H,20,22);1-2,5-8H,3-4H2,(H,21,23). The second kappa shape index (κ2) is 11.4. The van der Waals surface area contributed by atoms with Crippen LogP contribution < -0.4 is 15.4 Å². The Kier molecular flexibility index (Phi) is 7.23. The molecule has 2 N–H and O–H groups in total. The first-order valence-electron chi connectivity index (χ1n) is 14.5. The van der Waals surface area contributed by atoms with Gasteiger partial charge in [0, 0.05) is 48.1 Å². The Labute approximate surface area is 260 Å². The van der Waals surface area contributed by atoms with Crippen LogP contribution in [0.1, 0.15) is 21.0 Å². The first kappa shape index (κ1) is 29.1. The molecule has 7 nitrogen and oxygen atoms in total. The molecule has 4 aromatic carbocycles. The van der Waals surface area contributed by atoms with Gasteiger partial charge in [0.25, 0.3) is 11.8 Å². The van der Waals surface area contributed by atoms with Crippen molar-refractivity contribution in [3.05, 3.63) is 114 Å². The highest BCUT2D eigenvalue weighted by Gasteiger charge is 2.24. The van der Waals surface area contributed by atoms with Crippen molar-refractivity contribution in [2.75, 3.05) is 20.2 Å². The SMILES string of the molecule is COc1ccc(-c2cc(F)cc3cc4n(c23)CCNC4=O)cc1.O=C1NCCn2c1cc1cc(F)cc(-c3ccc(F)c(F)c3)c12. The van der Waals surface area contributed by atoms with E-state index in [1.807, 2.05) is 28.8 Å². The van der Waals surface area contributed by atoms with Crippen molar-refractivity contribution >= 4 is 33.6 Å². The molecule has 0 fully saturated rings. The lowest BCUT2D eigenvalue weighted by Crippen LogP contribution is -2.34. The van der Waals surface area contributed by atoms with Crippen molar-refractivity contribution in [2.45, 2.75) is 13.1 Å². The van der Waals surface area contributed by atoms with E-state index in [0.717, 1.165) is 39.9 Å². The summed E-state index contributed by atoms with van der Waals surface area (Å²) in [4.78, 5) is 24.0. The molecule has 2 aromatic heterocycles. The van der Waals surface area contributed by atoms with Crippen LogP contribution >= 0.6 is 0 Å². The largest absolute Gasteiger partial charge is 0.497 e. The van der Waals surface area contributed by atoms with Gasteiger partial charge in [-0.1, -0.05) is 18.2 Å². The molecule has 2 amide bonds. The van der Waals surface area contributed by atoms with E-state index in [2.05, 4.69) is 10.6 Å². The van der Waals surface area contributed by atoms with E-state index in [1.54, 1.807) is 23.8 Å². The summed E-state index contributed by atoms with van der Waals surface area (Å²) in [5, 5.41) is 6.84. The van der Waals surface area contributed by atoms with Gasteiger partial charge in [0.05, 0.1) is 18.1 Å². The molecule has 0 unspecified atom stereocenters. The fraction of sp³-hybridized carbons (Fsp3) is 0.143. The quantitative estimate of drug-likeness (QED) is 0.216. The van der Waals surface area contributed by atoms with Gasteiger partial charge in [-0.3, -0.25) is 9.59 Å². The Balaban J connectivity index is 0.000000147. The fourth-order valence-electron chi connectivity index (χ4n) is 6.21. The van der Waals surface area contributed by atoms with Gasteiger partial charge in [-0.05, 0) is 71.8 Å². The summed E-state index contributed by atoms with van der Waals surface area (Å²) >= 11 is 0. The number of carbonyl (C=O) groups is 2.